The van der Waals surface area contributed by atoms with Gasteiger partial charge in [-0.3, -0.25) is 4.79 Å². The van der Waals surface area contributed by atoms with Crippen LogP contribution < -0.4 is 4.74 Å². The van der Waals surface area contributed by atoms with Gasteiger partial charge in [0.15, 0.2) is 0 Å². The second-order valence-corrected chi connectivity index (χ2v) is 10.7. The lowest BCUT2D eigenvalue weighted by atomic mass is 9.73. The number of carbonyl (C=O) groups excluding carboxylic acids is 1. The molecule has 1 aliphatic carbocycles. The van der Waals surface area contributed by atoms with Crippen molar-refractivity contribution in [1.29, 1.82) is 0 Å². The minimum atomic E-state index is -0.773. The Morgan fingerprint density at radius 2 is 1.52 bits per heavy atom. The quantitative estimate of drug-likeness (QED) is 0.458. The fourth-order valence-corrected chi connectivity index (χ4v) is 4.56. The van der Waals surface area contributed by atoms with Gasteiger partial charge in [0, 0.05) is 23.6 Å². The Morgan fingerprint density at radius 1 is 1.00 bits per heavy atom. The van der Waals surface area contributed by atoms with Crippen molar-refractivity contribution in [2.75, 3.05) is 0 Å². The number of aliphatic hydroxyl groups excluding tert-OH is 1. The van der Waals surface area contributed by atoms with Gasteiger partial charge in [-0.1, -0.05) is 73.6 Å². The Kier molecular flexibility index (Phi) is 7.42. The van der Waals surface area contributed by atoms with Crippen molar-refractivity contribution in [3.63, 3.8) is 0 Å². The molecule has 1 aromatic rings. The van der Waals surface area contributed by atoms with Gasteiger partial charge in [0.2, 0.25) is 0 Å². The van der Waals surface area contributed by atoms with E-state index >= 15 is 0 Å². The molecule has 0 heterocycles. The molecular weight excluding hydrogens is 364 g/mol. The topological polar surface area (TPSA) is 66.8 Å². The normalized spacial score (nSPS) is 18.1. The summed E-state index contributed by atoms with van der Waals surface area (Å²) in [5.41, 5.74) is 1.32. The third-order valence-corrected chi connectivity index (χ3v) is 5.99. The van der Waals surface area contributed by atoms with E-state index in [0.29, 0.717) is 11.3 Å². The minimum Gasteiger partial charge on any atom is -0.508 e. The summed E-state index contributed by atoms with van der Waals surface area (Å²) < 4.78 is 5.75. The molecule has 0 radical (unpaired) electrons. The van der Waals surface area contributed by atoms with E-state index in [9.17, 15) is 15.0 Å². The largest absolute Gasteiger partial charge is 0.508 e. The van der Waals surface area contributed by atoms with Crippen LogP contribution in [0.4, 0.5) is 0 Å². The number of hydrogen-bond acceptors (Lipinski definition) is 4. The Bertz CT molecular complexity index is 714. The molecule has 2 rings (SSSR count). The molecule has 0 bridgehead atoms. The highest BCUT2D eigenvalue weighted by molar-refractivity contribution is 5.72. The number of rotatable bonds is 3. The molecule has 2 N–H and O–H groups in total. The van der Waals surface area contributed by atoms with E-state index in [1.165, 1.54) is 26.2 Å². The lowest BCUT2D eigenvalue weighted by molar-refractivity contribution is -0.132. The van der Waals surface area contributed by atoms with Crippen LogP contribution in [-0.4, -0.2) is 16.2 Å². The number of hydrogen-bond donors (Lipinski definition) is 2. The molecule has 0 amide bonds. The first-order chi connectivity index (χ1) is 13.3. The highest BCUT2D eigenvalue weighted by Gasteiger charge is 2.36. The third kappa shape index (κ3) is 5.75. The number of benzene rings is 1. The summed E-state index contributed by atoms with van der Waals surface area (Å²) in [6, 6.07) is 1.69. The number of phenolic OH excluding ortho intramolecular Hbond substituents is 1. The molecule has 1 atom stereocenters. The van der Waals surface area contributed by atoms with Crippen LogP contribution in [0.15, 0.2) is 6.07 Å². The van der Waals surface area contributed by atoms with Crippen LogP contribution in [0.2, 0.25) is 0 Å². The predicted molar refractivity (Wildman–Crippen MR) is 118 cm³/mol. The molecule has 0 saturated heterocycles. The summed E-state index contributed by atoms with van der Waals surface area (Å²) in [7, 11) is 0. The molecule has 1 saturated carbocycles. The predicted octanol–water partition coefficient (Wildman–Crippen LogP) is 6.31. The first-order valence-corrected chi connectivity index (χ1v) is 11.1. The van der Waals surface area contributed by atoms with E-state index < -0.39 is 17.5 Å². The minimum absolute atomic E-state index is 0.102. The van der Waals surface area contributed by atoms with E-state index in [-0.39, 0.29) is 17.1 Å². The number of ether oxygens (including phenoxy) is 1. The average Bonchev–Trinajstić information content (AvgIpc) is 2.52. The smallest absolute Gasteiger partial charge is 0.308 e. The van der Waals surface area contributed by atoms with E-state index in [1.54, 1.807) is 6.07 Å². The van der Waals surface area contributed by atoms with Crippen LogP contribution in [0.3, 0.4) is 0 Å². The summed E-state index contributed by atoms with van der Waals surface area (Å²) in [5.74, 6) is 0.312. The highest BCUT2D eigenvalue weighted by atomic mass is 16.5. The van der Waals surface area contributed by atoms with Crippen LogP contribution in [0, 0.1) is 5.92 Å². The fraction of sp³-hybridized carbons (Fsp3) is 0.720. The number of esters is 1. The molecule has 0 aromatic heterocycles. The Balaban J connectivity index is 2.71. The first kappa shape index (κ1) is 23.7. The number of aliphatic hydroxyl groups is 1. The molecule has 4 nitrogen and oxygen atoms in total. The van der Waals surface area contributed by atoms with Crippen molar-refractivity contribution in [3.05, 3.63) is 22.8 Å². The highest BCUT2D eigenvalue weighted by Crippen LogP contribution is 2.49. The van der Waals surface area contributed by atoms with Gasteiger partial charge in [-0.15, -0.1) is 0 Å². The van der Waals surface area contributed by atoms with Crippen LogP contribution in [-0.2, 0) is 15.6 Å². The SMILES string of the molecule is CC(=O)Oc1c(C(C)(C)C)cc(O)c(C(O)C2CCCCCCC2)c1C(C)(C)C. The van der Waals surface area contributed by atoms with Gasteiger partial charge in [-0.25, -0.2) is 0 Å². The number of aromatic hydroxyl groups is 1. The third-order valence-electron chi connectivity index (χ3n) is 5.99. The summed E-state index contributed by atoms with van der Waals surface area (Å²) in [6.07, 6.45) is 6.99. The van der Waals surface area contributed by atoms with Crippen molar-refractivity contribution < 1.29 is 19.7 Å². The van der Waals surface area contributed by atoms with Crippen LogP contribution >= 0.6 is 0 Å². The van der Waals surface area contributed by atoms with Gasteiger partial charge >= 0.3 is 5.97 Å². The maximum Gasteiger partial charge on any atom is 0.308 e. The fourth-order valence-electron chi connectivity index (χ4n) is 4.56. The lowest BCUT2D eigenvalue weighted by Crippen LogP contribution is -2.26. The molecule has 1 aliphatic rings. The maximum absolute atomic E-state index is 12.0. The Hall–Kier alpha value is -1.55. The summed E-state index contributed by atoms with van der Waals surface area (Å²) >= 11 is 0. The zero-order valence-electron chi connectivity index (χ0n) is 19.4. The molecule has 0 spiro atoms. The average molecular weight is 405 g/mol. The van der Waals surface area contributed by atoms with Gasteiger partial charge in [0.1, 0.15) is 11.5 Å². The molecule has 1 fully saturated rings. The maximum atomic E-state index is 12.0. The summed E-state index contributed by atoms with van der Waals surface area (Å²) in [4.78, 5) is 12.0. The Morgan fingerprint density at radius 3 is 1.97 bits per heavy atom. The zero-order valence-corrected chi connectivity index (χ0v) is 19.4. The van der Waals surface area contributed by atoms with Gasteiger partial charge in [-0.05, 0) is 35.7 Å². The second kappa shape index (κ2) is 9.07. The molecule has 1 unspecified atom stereocenters. The summed E-state index contributed by atoms with van der Waals surface area (Å²) in [5, 5.41) is 22.5. The molecule has 164 valence electrons. The van der Waals surface area contributed by atoms with Crippen molar-refractivity contribution in [2.45, 2.75) is 110 Å². The zero-order chi connectivity index (χ0) is 22.0. The monoisotopic (exact) mass is 404 g/mol. The van der Waals surface area contributed by atoms with Crippen molar-refractivity contribution in [3.8, 4) is 11.5 Å². The van der Waals surface area contributed by atoms with Gasteiger partial charge in [0.25, 0.3) is 0 Å². The van der Waals surface area contributed by atoms with E-state index in [1.807, 2.05) is 41.5 Å². The standard InChI is InChI=1S/C25H40O4/c1-16(26)29-23-18(24(2,3)4)15-19(27)20(21(23)25(5,6)7)22(28)17-13-11-9-8-10-12-14-17/h15,17,22,27-28H,8-14H2,1-7H3. The summed E-state index contributed by atoms with van der Waals surface area (Å²) in [6.45, 7) is 13.6. The molecule has 0 aliphatic heterocycles. The molecular formula is C25H40O4. The van der Waals surface area contributed by atoms with Crippen molar-refractivity contribution in [2.24, 2.45) is 5.92 Å². The molecule has 1 aromatic carbocycles. The van der Waals surface area contributed by atoms with Crippen molar-refractivity contribution in [1.82, 2.24) is 0 Å². The first-order valence-electron chi connectivity index (χ1n) is 11.1. The van der Waals surface area contributed by atoms with E-state index in [0.717, 1.165) is 36.8 Å². The van der Waals surface area contributed by atoms with E-state index in [2.05, 4.69) is 0 Å². The van der Waals surface area contributed by atoms with Crippen LogP contribution in [0.1, 0.15) is 116 Å². The van der Waals surface area contributed by atoms with Crippen LogP contribution in [0.25, 0.3) is 0 Å². The van der Waals surface area contributed by atoms with Gasteiger partial charge < -0.3 is 14.9 Å². The number of carbonyl (C=O) groups is 1. The van der Waals surface area contributed by atoms with E-state index in [4.69, 9.17) is 4.74 Å². The molecule has 4 heteroatoms. The molecule has 29 heavy (non-hydrogen) atoms. The Labute approximate surface area is 176 Å². The second-order valence-electron chi connectivity index (χ2n) is 10.7. The van der Waals surface area contributed by atoms with Gasteiger partial charge in [-0.2, -0.15) is 0 Å². The number of phenols is 1. The van der Waals surface area contributed by atoms with Gasteiger partial charge in [0.05, 0.1) is 6.10 Å². The van der Waals surface area contributed by atoms with Crippen molar-refractivity contribution >= 4 is 5.97 Å². The van der Waals surface area contributed by atoms with Crippen LogP contribution in [0.5, 0.6) is 11.5 Å². The lowest BCUT2D eigenvalue weighted by Gasteiger charge is -2.35.